The Morgan fingerprint density at radius 2 is 2.04 bits per heavy atom. The van der Waals surface area contributed by atoms with Gasteiger partial charge in [-0.25, -0.2) is 0 Å². The number of hydrogen-bond acceptors (Lipinski definition) is 5. The van der Waals surface area contributed by atoms with Gasteiger partial charge >= 0.3 is 0 Å². The number of nitrogens with one attached hydrogen (secondary N) is 2. The van der Waals surface area contributed by atoms with Gasteiger partial charge in [0.25, 0.3) is 0 Å². The molecule has 2 bridgehead atoms. The van der Waals surface area contributed by atoms with E-state index in [1.807, 2.05) is 20.8 Å². The molecule has 3 heterocycles. The number of carbonyl (C=O) groups is 3. The number of aliphatic hydroxyl groups is 1. The van der Waals surface area contributed by atoms with Crippen LogP contribution in [0, 0.1) is 11.8 Å². The van der Waals surface area contributed by atoms with Gasteiger partial charge in [-0.05, 0) is 33.1 Å². The molecule has 8 heteroatoms. The van der Waals surface area contributed by atoms with Gasteiger partial charge in [0, 0.05) is 19.6 Å². The highest BCUT2D eigenvalue weighted by atomic mass is 16.5. The van der Waals surface area contributed by atoms with Crippen LogP contribution >= 0.6 is 0 Å². The third-order valence-electron chi connectivity index (χ3n) is 6.23. The van der Waals surface area contributed by atoms with Crippen LogP contribution in [0.4, 0.5) is 0 Å². The van der Waals surface area contributed by atoms with Gasteiger partial charge in [0.2, 0.25) is 17.7 Å². The molecule has 0 saturated carbocycles. The molecule has 3 saturated heterocycles. The summed E-state index contributed by atoms with van der Waals surface area (Å²) >= 11 is 0. The minimum atomic E-state index is -1.00. The second kappa shape index (κ2) is 6.49. The molecule has 3 rings (SSSR count). The minimum absolute atomic E-state index is 0.0518. The van der Waals surface area contributed by atoms with E-state index in [-0.39, 0.29) is 36.9 Å². The largest absolute Gasteiger partial charge is 0.395 e. The molecule has 1 spiro atoms. The molecule has 5 atom stereocenters. The molecule has 2 unspecified atom stereocenters. The normalized spacial score (nSPS) is 38.0. The van der Waals surface area contributed by atoms with E-state index < -0.39 is 29.1 Å². The Labute approximate surface area is 153 Å². The van der Waals surface area contributed by atoms with Crippen LogP contribution in [-0.4, -0.2) is 71.2 Å². The van der Waals surface area contributed by atoms with Gasteiger partial charge in [0.1, 0.15) is 11.6 Å². The summed E-state index contributed by atoms with van der Waals surface area (Å²) in [6.45, 7) is 5.47. The Morgan fingerprint density at radius 1 is 1.35 bits per heavy atom. The van der Waals surface area contributed by atoms with E-state index in [4.69, 9.17) is 4.74 Å². The van der Waals surface area contributed by atoms with Crippen molar-refractivity contribution < 1.29 is 24.2 Å². The second-order valence-corrected chi connectivity index (χ2v) is 7.87. The van der Waals surface area contributed by atoms with Gasteiger partial charge < -0.3 is 25.4 Å². The highest BCUT2D eigenvalue weighted by Gasteiger charge is 2.78. The first kappa shape index (κ1) is 19.1. The summed E-state index contributed by atoms with van der Waals surface area (Å²) in [6.07, 6.45) is 1.81. The summed E-state index contributed by atoms with van der Waals surface area (Å²) in [5.74, 6) is -2.08. The number of ether oxygens (including phenoxy) is 1. The number of nitrogens with zero attached hydrogens (tertiary/aromatic N) is 1. The standard InChI is InChI=1S/C18H29N3O5/c1-5-17-6-7-18(26-17)12(11(17)14(23)19-4)16(25)21(8-9-22)13(18)15(24)20-10(2)3/h10-13,22H,5-9H2,1-4H3,(H,19,23)(H,20,24)/t11-,12+,13?,17+,18?/m1/s1. The maximum atomic E-state index is 13.2. The van der Waals surface area contributed by atoms with Gasteiger partial charge in [-0.1, -0.05) is 6.92 Å². The average molecular weight is 367 g/mol. The van der Waals surface area contributed by atoms with E-state index in [2.05, 4.69) is 10.6 Å². The molecular formula is C18H29N3O5. The summed E-state index contributed by atoms with van der Waals surface area (Å²) in [6, 6.07) is -0.907. The molecule has 3 aliphatic rings. The minimum Gasteiger partial charge on any atom is -0.395 e. The van der Waals surface area contributed by atoms with Gasteiger partial charge in [-0.2, -0.15) is 0 Å². The molecule has 3 N–H and O–H groups in total. The van der Waals surface area contributed by atoms with Crippen LogP contribution in [-0.2, 0) is 19.1 Å². The summed E-state index contributed by atoms with van der Waals surface area (Å²) < 4.78 is 6.45. The molecule has 26 heavy (non-hydrogen) atoms. The van der Waals surface area contributed by atoms with Crippen LogP contribution in [0.5, 0.6) is 0 Å². The van der Waals surface area contributed by atoms with Crippen molar-refractivity contribution in [3.8, 4) is 0 Å². The Balaban J connectivity index is 2.08. The lowest BCUT2D eigenvalue weighted by Crippen LogP contribution is -2.56. The average Bonchev–Trinajstić information content (AvgIpc) is 3.18. The van der Waals surface area contributed by atoms with Crippen molar-refractivity contribution in [3.05, 3.63) is 0 Å². The molecule has 0 aromatic carbocycles. The lowest BCUT2D eigenvalue weighted by atomic mass is 9.65. The maximum Gasteiger partial charge on any atom is 0.246 e. The quantitative estimate of drug-likeness (QED) is 0.581. The van der Waals surface area contributed by atoms with Crippen LogP contribution in [0.1, 0.15) is 40.0 Å². The maximum absolute atomic E-state index is 13.2. The zero-order valence-electron chi connectivity index (χ0n) is 15.9. The van der Waals surface area contributed by atoms with E-state index in [0.29, 0.717) is 19.3 Å². The summed E-state index contributed by atoms with van der Waals surface area (Å²) in [7, 11) is 1.55. The van der Waals surface area contributed by atoms with Gasteiger partial charge in [0.05, 0.1) is 24.0 Å². The van der Waals surface area contributed by atoms with Gasteiger partial charge in [0.15, 0.2) is 0 Å². The summed E-state index contributed by atoms with van der Waals surface area (Å²) in [4.78, 5) is 40.3. The van der Waals surface area contributed by atoms with E-state index >= 15 is 0 Å². The number of amides is 3. The van der Waals surface area contributed by atoms with E-state index in [1.165, 1.54) is 4.90 Å². The number of carbonyl (C=O) groups excluding carboxylic acids is 3. The first-order chi connectivity index (χ1) is 12.3. The summed E-state index contributed by atoms with van der Waals surface area (Å²) in [5.41, 5.74) is -1.71. The Hall–Kier alpha value is -1.67. The Bertz CT molecular complexity index is 624. The van der Waals surface area contributed by atoms with Crippen molar-refractivity contribution in [2.24, 2.45) is 11.8 Å². The third kappa shape index (κ3) is 2.38. The van der Waals surface area contributed by atoms with Crippen LogP contribution in [0.2, 0.25) is 0 Å². The fraction of sp³-hybridized carbons (Fsp3) is 0.833. The number of fused-ring (bicyclic) bond motifs is 1. The van der Waals surface area contributed by atoms with E-state index in [1.54, 1.807) is 7.05 Å². The lowest BCUT2D eigenvalue weighted by molar-refractivity contribution is -0.148. The number of aliphatic hydroxyl groups excluding tert-OH is 1. The summed E-state index contributed by atoms with van der Waals surface area (Å²) in [5, 5.41) is 15.0. The first-order valence-electron chi connectivity index (χ1n) is 9.41. The molecule has 3 fully saturated rings. The molecule has 0 radical (unpaired) electrons. The van der Waals surface area contributed by atoms with E-state index in [9.17, 15) is 19.5 Å². The van der Waals surface area contributed by atoms with Gasteiger partial charge in [-0.3, -0.25) is 14.4 Å². The van der Waals surface area contributed by atoms with Crippen molar-refractivity contribution >= 4 is 17.7 Å². The Kier molecular flexibility index (Phi) is 4.77. The predicted octanol–water partition coefficient (Wildman–Crippen LogP) is -0.596. The fourth-order valence-corrected chi connectivity index (χ4v) is 5.28. The zero-order valence-corrected chi connectivity index (χ0v) is 15.9. The van der Waals surface area contributed by atoms with Crippen molar-refractivity contribution in [1.82, 2.24) is 15.5 Å². The van der Waals surface area contributed by atoms with Crippen molar-refractivity contribution in [2.75, 3.05) is 20.2 Å². The van der Waals surface area contributed by atoms with Crippen molar-refractivity contribution in [1.29, 1.82) is 0 Å². The van der Waals surface area contributed by atoms with Crippen LogP contribution in [0.25, 0.3) is 0 Å². The smallest absolute Gasteiger partial charge is 0.246 e. The van der Waals surface area contributed by atoms with Crippen LogP contribution in [0.3, 0.4) is 0 Å². The number of hydrogen-bond donors (Lipinski definition) is 3. The SMILES string of the molecule is CC[C@@]12CCC3(O1)C(C(=O)NC(C)C)N(CCO)C(=O)[C@@H]3[C@@H]2C(=O)NC. The first-order valence-corrected chi connectivity index (χ1v) is 9.41. The highest BCUT2D eigenvalue weighted by Crippen LogP contribution is 2.64. The zero-order chi connectivity index (χ0) is 19.3. The topological polar surface area (TPSA) is 108 Å². The van der Waals surface area contributed by atoms with Gasteiger partial charge in [-0.15, -0.1) is 0 Å². The molecule has 8 nitrogen and oxygen atoms in total. The Morgan fingerprint density at radius 3 is 2.58 bits per heavy atom. The molecule has 3 amide bonds. The van der Waals surface area contributed by atoms with Crippen LogP contribution < -0.4 is 10.6 Å². The molecule has 0 aromatic rings. The fourth-order valence-electron chi connectivity index (χ4n) is 5.28. The number of rotatable bonds is 6. The monoisotopic (exact) mass is 367 g/mol. The molecule has 0 aliphatic carbocycles. The molecular weight excluding hydrogens is 338 g/mol. The van der Waals surface area contributed by atoms with Crippen LogP contribution in [0.15, 0.2) is 0 Å². The number of likely N-dealkylation sites (tertiary alicyclic amines) is 1. The molecule has 0 aromatic heterocycles. The predicted molar refractivity (Wildman–Crippen MR) is 93.0 cm³/mol. The number of β-amino-alcohol motifs (C(OH)–C–C–N with tert-alkyl or cyclic N) is 1. The third-order valence-corrected chi connectivity index (χ3v) is 6.23. The molecule has 146 valence electrons. The molecule has 3 aliphatic heterocycles. The van der Waals surface area contributed by atoms with Crippen molar-refractivity contribution in [2.45, 2.75) is 63.3 Å². The lowest BCUT2D eigenvalue weighted by Gasteiger charge is -2.33. The second-order valence-electron chi connectivity index (χ2n) is 7.87. The van der Waals surface area contributed by atoms with Crippen molar-refractivity contribution in [3.63, 3.8) is 0 Å². The highest BCUT2D eigenvalue weighted by molar-refractivity contribution is 5.99. The van der Waals surface area contributed by atoms with E-state index in [0.717, 1.165) is 0 Å².